The van der Waals surface area contributed by atoms with E-state index in [1.807, 2.05) is 51.9 Å². The van der Waals surface area contributed by atoms with Crippen LogP contribution in [0.25, 0.3) is 16.7 Å². The van der Waals surface area contributed by atoms with Crippen molar-refractivity contribution in [3.05, 3.63) is 70.3 Å². The lowest BCUT2D eigenvalue weighted by atomic mass is 9.96. The number of aryl methyl sites for hydroxylation is 1. The first-order chi connectivity index (χ1) is 15.2. The van der Waals surface area contributed by atoms with E-state index in [1.165, 1.54) is 5.57 Å². The Labute approximate surface area is 188 Å². The van der Waals surface area contributed by atoms with Gasteiger partial charge in [-0.15, -0.1) is 0 Å². The minimum absolute atomic E-state index is 0.00335. The number of nitrogens with zero attached hydrogens (tertiary/aromatic N) is 4. The van der Waals surface area contributed by atoms with E-state index in [0.29, 0.717) is 12.2 Å². The molecule has 166 valence electrons. The lowest BCUT2D eigenvalue weighted by molar-refractivity contribution is 0.0692. The van der Waals surface area contributed by atoms with Crippen LogP contribution in [0.1, 0.15) is 56.1 Å². The Kier molecular flexibility index (Phi) is 4.84. The smallest absolute Gasteiger partial charge is 0.329 e. The molecule has 0 spiro atoms. The summed E-state index contributed by atoms with van der Waals surface area (Å²) >= 11 is 0. The summed E-state index contributed by atoms with van der Waals surface area (Å²) in [5.41, 5.74) is 4.38. The quantitative estimate of drug-likeness (QED) is 0.624. The van der Waals surface area contributed by atoms with Crippen LogP contribution in [0.5, 0.6) is 0 Å². The zero-order chi connectivity index (χ0) is 22.6. The first-order valence-corrected chi connectivity index (χ1v) is 11.4. The molecule has 1 fully saturated rings. The highest BCUT2D eigenvalue weighted by molar-refractivity contribution is 5.95. The maximum atomic E-state index is 13.1. The summed E-state index contributed by atoms with van der Waals surface area (Å²) in [5, 5.41) is 0. The molecule has 0 radical (unpaired) electrons. The molecule has 6 nitrogen and oxygen atoms in total. The summed E-state index contributed by atoms with van der Waals surface area (Å²) in [7, 11) is 1.79. The van der Waals surface area contributed by atoms with Crippen LogP contribution in [0.4, 0.5) is 0 Å². The van der Waals surface area contributed by atoms with Crippen molar-refractivity contribution in [2.24, 2.45) is 12.5 Å². The highest BCUT2D eigenvalue weighted by Gasteiger charge is 2.40. The van der Waals surface area contributed by atoms with Crippen molar-refractivity contribution in [3.63, 3.8) is 0 Å². The number of hydrogen-bond donors (Lipinski definition) is 0. The van der Waals surface area contributed by atoms with Crippen molar-refractivity contribution in [3.8, 4) is 0 Å². The first kappa shape index (κ1) is 20.7. The number of carbonyl (C=O) groups is 1. The van der Waals surface area contributed by atoms with Gasteiger partial charge in [0.2, 0.25) is 0 Å². The third kappa shape index (κ3) is 3.48. The molecule has 1 amide bonds. The monoisotopic (exact) mass is 430 g/mol. The fourth-order valence-corrected chi connectivity index (χ4v) is 5.15. The van der Waals surface area contributed by atoms with Crippen LogP contribution in [0.2, 0.25) is 0 Å². The summed E-state index contributed by atoms with van der Waals surface area (Å²) in [6.45, 7) is 7.04. The molecule has 2 bridgehead atoms. The second-order valence-corrected chi connectivity index (χ2v) is 10.3. The number of amides is 1. The maximum absolute atomic E-state index is 13.1. The van der Waals surface area contributed by atoms with Gasteiger partial charge >= 0.3 is 5.69 Å². The Hall–Kier alpha value is -3.15. The highest BCUT2D eigenvalue weighted by Crippen LogP contribution is 2.39. The molecule has 0 saturated carbocycles. The molecule has 0 aliphatic carbocycles. The van der Waals surface area contributed by atoms with Crippen LogP contribution < -0.4 is 5.69 Å². The molecule has 0 N–H and O–H groups in total. The lowest BCUT2D eigenvalue weighted by Crippen LogP contribution is -2.43. The van der Waals surface area contributed by atoms with Crippen LogP contribution in [-0.4, -0.2) is 37.0 Å². The number of carbonyl (C=O) groups excluding carboxylic acids is 1. The molecule has 5 rings (SSSR count). The zero-order valence-corrected chi connectivity index (χ0v) is 19.2. The van der Waals surface area contributed by atoms with Gasteiger partial charge in [0, 0.05) is 25.2 Å². The van der Waals surface area contributed by atoms with Gasteiger partial charge in [-0.05, 0) is 54.5 Å². The van der Waals surface area contributed by atoms with Gasteiger partial charge in [0.15, 0.2) is 5.65 Å². The van der Waals surface area contributed by atoms with E-state index < -0.39 is 0 Å². The van der Waals surface area contributed by atoms with E-state index in [2.05, 4.69) is 26.8 Å². The summed E-state index contributed by atoms with van der Waals surface area (Å²) in [4.78, 5) is 32.9. The third-order valence-corrected chi connectivity index (χ3v) is 6.59. The fraction of sp³-hybridized carbons (Fsp3) is 0.423. The summed E-state index contributed by atoms with van der Waals surface area (Å²) in [6, 6.07) is 13.9. The molecule has 2 aromatic heterocycles. The summed E-state index contributed by atoms with van der Waals surface area (Å²) in [5.74, 6) is 0.110. The van der Waals surface area contributed by atoms with E-state index in [9.17, 15) is 9.59 Å². The molecule has 2 aliphatic heterocycles. The molecular formula is C26H30N4O2. The van der Waals surface area contributed by atoms with Gasteiger partial charge in [0.05, 0.1) is 17.3 Å². The minimum atomic E-state index is -0.0306. The minimum Gasteiger partial charge on any atom is -0.329 e. The normalized spacial score (nSPS) is 20.6. The topological polar surface area (TPSA) is 60.1 Å². The van der Waals surface area contributed by atoms with Crippen LogP contribution in [0.15, 0.2) is 53.3 Å². The van der Waals surface area contributed by atoms with Crippen LogP contribution in [-0.2, 0) is 13.6 Å². The predicted molar refractivity (Wildman–Crippen MR) is 126 cm³/mol. The van der Waals surface area contributed by atoms with E-state index in [-0.39, 0.29) is 29.1 Å². The largest absolute Gasteiger partial charge is 0.330 e. The molecule has 1 saturated heterocycles. The Balaban J connectivity index is 1.48. The van der Waals surface area contributed by atoms with E-state index in [0.717, 1.165) is 36.0 Å². The van der Waals surface area contributed by atoms with E-state index >= 15 is 0 Å². The summed E-state index contributed by atoms with van der Waals surface area (Å²) in [6.07, 6.45) is 4.99. The van der Waals surface area contributed by atoms with Gasteiger partial charge in [0.1, 0.15) is 0 Å². The van der Waals surface area contributed by atoms with Crippen molar-refractivity contribution < 1.29 is 4.79 Å². The average Bonchev–Trinajstić information content (AvgIpc) is 3.16. The Morgan fingerprint density at radius 1 is 1.09 bits per heavy atom. The van der Waals surface area contributed by atoms with Crippen molar-refractivity contribution in [2.75, 3.05) is 0 Å². The summed E-state index contributed by atoms with van der Waals surface area (Å²) < 4.78 is 3.47. The Morgan fingerprint density at radius 2 is 1.84 bits per heavy atom. The second kappa shape index (κ2) is 7.47. The molecule has 32 heavy (non-hydrogen) atoms. The third-order valence-electron chi connectivity index (χ3n) is 6.59. The molecule has 1 aromatic carbocycles. The molecule has 3 aromatic rings. The van der Waals surface area contributed by atoms with Gasteiger partial charge < -0.3 is 4.90 Å². The van der Waals surface area contributed by atoms with Crippen molar-refractivity contribution in [1.29, 1.82) is 0 Å². The molecule has 2 aliphatic rings. The van der Waals surface area contributed by atoms with Crippen LogP contribution >= 0.6 is 0 Å². The first-order valence-electron chi connectivity index (χ1n) is 11.4. The molecule has 2 unspecified atom stereocenters. The number of imidazole rings is 1. The van der Waals surface area contributed by atoms with Gasteiger partial charge in [-0.25, -0.2) is 9.78 Å². The SMILES string of the molecule is Cn1c(=O)n(CC(C)(C)C)c2ccc(C3=CC4CCC(C3)N4C(=O)c3ccccc3)nc21. The fourth-order valence-electron chi connectivity index (χ4n) is 5.15. The number of aromatic nitrogens is 3. The van der Waals surface area contributed by atoms with Crippen molar-refractivity contribution >= 4 is 22.6 Å². The predicted octanol–water partition coefficient (Wildman–Crippen LogP) is 4.24. The standard InChI is InChI=1S/C26H30N4O2/c1-26(2,3)16-29-22-13-12-21(27-23(22)28(4)25(29)32)18-14-19-10-11-20(15-18)30(19)24(31)17-8-6-5-7-9-17/h5-9,12-14,19-20H,10-11,15-16H2,1-4H3. The van der Waals surface area contributed by atoms with Gasteiger partial charge in [-0.3, -0.25) is 13.9 Å². The Morgan fingerprint density at radius 3 is 2.53 bits per heavy atom. The lowest BCUT2D eigenvalue weighted by Gasteiger charge is -2.34. The van der Waals surface area contributed by atoms with E-state index in [4.69, 9.17) is 4.98 Å². The molecule has 2 atom stereocenters. The van der Waals surface area contributed by atoms with E-state index in [1.54, 1.807) is 11.6 Å². The second-order valence-electron chi connectivity index (χ2n) is 10.3. The van der Waals surface area contributed by atoms with Gasteiger partial charge in [-0.2, -0.15) is 0 Å². The molecule has 6 heteroatoms. The van der Waals surface area contributed by atoms with Crippen molar-refractivity contribution in [2.45, 2.75) is 58.7 Å². The molecular weight excluding hydrogens is 400 g/mol. The van der Waals surface area contributed by atoms with Crippen LogP contribution in [0.3, 0.4) is 0 Å². The maximum Gasteiger partial charge on any atom is 0.330 e. The number of benzene rings is 1. The number of fused-ring (bicyclic) bond motifs is 3. The average molecular weight is 431 g/mol. The number of rotatable bonds is 3. The Bertz CT molecular complexity index is 1280. The van der Waals surface area contributed by atoms with Gasteiger partial charge in [0.25, 0.3) is 5.91 Å². The van der Waals surface area contributed by atoms with Gasteiger partial charge in [-0.1, -0.05) is 45.0 Å². The highest BCUT2D eigenvalue weighted by atomic mass is 16.2. The van der Waals surface area contributed by atoms with Crippen molar-refractivity contribution in [1.82, 2.24) is 19.0 Å². The van der Waals surface area contributed by atoms with Crippen LogP contribution in [0, 0.1) is 5.41 Å². The number of hydrogen-bond acceptors (Lipinski definition) is 3. The number of pyridine rings is 1. The molecule has 4 heterocycles. The zero-order valence-electron chi connectivity index (χ0n) is 19.2.